The van der Waals surface area contributed by atoms with Gasteiger partial charge in [0.2, 0.25) is 5.91 Å². The number of nitrogens with one attached hydrogen (secondary N) is 1. The standard InChI is InChI=1S/C13H23NO2/c1-4-6-7-12(3)11-13(15)14-8-10-16-9-5-2/h4,6-7H,5,8-11H2,1-3H3,(H,14,15)/b6-4-,12-7+. The Morgan fingerprint density at radius 1 is 1.38 bits per heavy atom. The first-order chi connectivity index (χ1) is 7.70. The summed E-state index contributed by atoms with van der Waals surface area (Å²) in [5, 5.41) is 2.82. The van der Waals surface area contributed by atoms with Crippen molar-refractivity contribution in [3.05, 3.63) is 23.8 Å². The first kappa shape index (κ1) is 14.9. The molecule has 0 radical (unpaired) electrons. The lowest BCUT2D eigenvalue weighted by Crippen LogP contribution is -2.27. The van der Waals surface area contributed by atoms with E-state index in [4.69, 9.17) is 4.74 Å². The number of hydrogen-bond donors (Lipinski definition) is 1. The highest BCUT2D eigenvalue weighted by Crippen LogP contribution is 1.99. The van der Waals surface area contributed by atoms with Crippen molar-refractivity contribution in [2.75, 3.05) is 19.8 Å². The van der Waals surface area contributed by atoms with E-state index in [2.05, 4.69) is 12.2 Å². The van der Waals surface area contributed by atoms with E-state index in [0.29, 0.717) is 19.6 Å². The van der Waals surface area contributed by atoms with E-state index in [1.807, 2.05) is 32.1 Å². The van der Waals surface area contributed by atoms with Gasteiger partial charge in [0.15, 0.2) is 0 Å². The van der Waals surface area contributed by atoms with Crippen molar-refractivity contribution >= 4 is 5.91 Å². The number of amides is 1. The zero-order valence-corrected chi connectivity index (χ0v) is 10.6. The molecule has 0 rings (SSSR count). The summed E-state index contributed by atoms with van der Waals surface area (Å²) in [4.78, 5) is 11.4. The minimum Gasteiger partial charge on any atom is -0.380 e. The Labute approximate surface area is 98.6 Å². The van der Waals surface area contributed by atoms with Gasteiger partial charge in [0.25, 0.3) is 0 Å². The fourth-order valence-electron chi connectivity index (χ4n) is 1.14. The van der Waals surface area contributed by atoms with E-state index in [0.717, 1.165) is 18.6 Å². The molecule has 92 valence electrons. The van der Waals surface area contributed by atoms with Crippen molar-refractivity contribution in [3.8, 4) is 0 Å². The fourth-order valence-corrected chi connectivity index (χ4v) is 1.14. The molecule has 3 nitrogen and oxygen atoms in total. The number of carbonyl (C=O) groups is 1. The van der Waals surface area contributed by atoms with Gasteiger partial charge in [-0.15, -0.1) is 0 Å². The second-order valence-corrected chi connectivity index (χ2v) is 3.68. The molecule has 0 saturated heterocycles. The van der Waals surface area contributed by atoms with Gasteiger partial charge < -0.3 is 10.1 Å². The summed E-state index contributed by atoms with van der Waals surface area (Å²) in [5.74, 6) is 0.0540. The van der Waals surface area contributed by atoms with E-state index in [1.54, 1.807) is 0 Å². The Morgan fingerprint density at radius 2 is 2.12 bits per heavy atom. The maximum atomic E-state index is 11.4. The van der Waals surface area contributed by atoms with Gasteiger partial charge in [-0.25, -0.2) is 0 Å². The van der Waals surface area contributed by atoms with Crippen LogP contribution in [0.1, 0.15) is 33.6 Å². The Hall–Kier alpha value is -1.09. The lowest BCUT2D eigenvalue weighted by molar-refractivity contribution is -0.120. The molecule has 0 atom stereocenters. The van der Waals surface area contributed by atoms with Crippen LogP contribution in [0.3, 0.4) is 0 Å². The van der Waals surface area contributed by atoms with Crippen molar-refractivity contribution in [2.24, 2.45) is 0 Å². The first-order valence-electron chi connectivity index (χ1n) is 5.83. The van der Waals surface area contributed by atoms with E-state index in [9.17, 15) is 4.79 Å². The molecule has 1 amide bonds. The first-order valence-corrected chi connectivity index (χ1v) is 5.83. The van der Waals surface area contributed by atoms with Crippen molar-refractivity contribution in [3.63, 3.8) is 0 Å². The quantitative estimate of drug-likeness (QED) is 0.509. The maximum absolute atomic E-state index is 11.4. The number of carbonyl (C=O) groups excluding carboxylic acids is 1. The Kier molecular flexibility index (Phi) is 9.72. The molecule has 0 spiro atoms. The number of hydrogen-bond acceptors (Lipinski definition) is 2. The van der Waals surface area contributed by atoms with Gasteiger partial charge in [-0.2, -0.15) is 0 Å². The molecule has 0 aliphatic carbocycles. The predicted octanol–water partition coefficient (Wildman–Crippen LogP) is 2.44. The molecule has 0 aliphatic heterocycles. The van der Waals surface area contributed by atoms with E-state index in [-0.39, 0.29) is 5.91 Å². The highest BCUT2D eigenvalue weighted by atomic mass is 16.5. The molecule has 1 N–H and O–H groups in total. The molecule has 0 bridgehead atoms. The highest BCUT2D eigenvalue weighted by molar-refractivity contribution is 5.78. The third-order valence-electron chi connectivity index (χ3n) is 1.93. The van der Waals surface area contributed by atoms with Gasteiger partial charge in [0.05, 0.1) is 6.61 Å². The molecule has 0 heterocycles. The van der Waals surface area contributed by atoms with Crippen LogP contribution >= 0.6 is 0 Å². The molecule has 16 heavy (non-hydrogen) atoms. The lowest BCUT2D eigenvalue weighted by Gasteiger charge is -2.05. The van der Waals surface area contributed by atoms with Gasteiger partial charge in [-0.3, -0.25) is 4.79 Å². The molecular weight excluding hydrogens is 202 g/mol. The smallest absolute Gasteiger partial charge is 0.224 e. The Balaban J connectivity index is 3.58. The number of ether oxygens (including phenoxy) is 1. The van der Waals surface area contributed by atoms with Crippen LogP contribution in [0.2, 0.25) is 0 Å². The molecule has 0 unspecified atom stereocenters. The summed E-state index contributed by atoms with van der Waals surface area (Å²) in [6, 6.07) is 0. The molecule has 0 aliphatic rings. The topological polar surface area (TPSA) is 38.3 Å². The zero-order chi connectivity index (χ0) is 12.2. The zero-order valence-electron chi connectivity index (χ0n) is 10.6. The average Bonchev–Trinajstić information content (AvgIpc) is 2.26. The van der Waals surface area contributed by atoms with Crippen LogP contribution in [0.4, 0.5) is 0 Å². The van der Waals surface area contributed by atoms with Crippen molar-refractivity contribution in [1.82, 2.24) is 5.32 Å². The van der Waals surface area contributed by atoms with E-state index in [1.165, 1.54) is 0 Å². The normalized spacial score (nSPS) is 12.1. The Bertz CT molecular complexity index is 244. The third-order valence-corrected chi connectivity index (χ3v) is 1.93. The van der Waals surface area contributed by atoms with Crippen LogP contribution in [-0.2, 0) is 9.53 Å². The molecular formula is C13H23NO2. The summed E-state index contributed by atoms with van der Waals surface area (Å²) < 4.78 is 5.26. The Morgan fingerprint density at radius 3 is 2.75 bits per heavy atom. The minimum absolute atomic E-state index is 0.0540. The molecule has 0 fully saturated rings. The van der Waals surface area contributed by atoms with Crippen LogP contribution < -0.4 is 5.32 Å². The van der Waals surface area contributed by atoms with E-state index >= 15 is 0 Å². The third kappa shape index (κ3) is 9.46. The molecule has 0 aromatic carbocycles. The monoisotopic (exact) mass is 225 g/mol. The fraction of sp³-hybridized carbons (Fsp3) is 0.615. The summed E-state index contributed by atoms with van der Waals surface area (Å²) in [5.41, 5.74) is 1.06. The van der Waals surface area contributed by atoms with Gasteiger partial charge in [0.1, 0.15) is 0 Å². The molecule has 0 saturated carbocycles. The van der Waals surface area contributed by atoms with Gasteiger partial charge in [-0.1, -0.05) is 30.7 Å². The van der Waals surface area contributed by atoms with Gasteiger partial charge in [-0.05, 0) is 20.3 Å². The van der Waals surface area contributed by atoms with Crippen LogP contribution in [0.5, 0.6) is 0 Å². The summed E-state index contributed by atoms with van der Waals surface area (Å²) >= 11 is 0. The largest absolute Gasteiger partial charge is 0.380 e. The van der Waals surface area contributed by atoms with Gasteiger partial charge >= 0.3 is 0 Å². The number of allylic oxidation sites excluding steroid dienone is 3. The second-order valence-electron chi connectivity index (χ2n) is 3.68. The molecule has 3 heteroatoms. The average molecular weight is 225 g/mol. The summed E-state index contributed by atoms with van der Waals surface area (Å²) in [6.45, 7) is 7.92. The highest BCUT2D eigenvalue weighted by Gasteiger charge is 2.00. The summed E-state index contributed by atoms with van der Waals surface area (Å²) in [7, 11) is 0. The van der Waals surface area contributed by atoms with Crippen LogP contribution in [-0.4, -0.2) is 25.7 Å². The molecule has 0 aromatic rings. The molecule has 0 aromatic heterocycles. The van der Waals surface area contributed by atoms with Crippen LogP contribution in [0.25, 0.3) is 0 Å². The SMILES string of the molecule is C/C=C\C=C(/C)CC(=O)NCCOCCC. The minimum atomic E-state index is 0.0540. The predicted molar refractivity (Wildman–Crippen MR) is 67.3 cm³/mol. The van der Waals surface area contributed by atoms with Crippen molar-refractivity contribution < 1.29 is 9.53 Å². The maximum Gasteiger partial charge on any atom is 0.224 e. The number of rotatable bonds is 8. The van der Waals surface area contributed by atoms with Crippen LogP contribution in [0.15, 0.2) is 23.8 Å². The van der Waals surface area contributed by atoms with E-state index < -0.39 is 0 Å². The lowest BCUT2D eigenvalue weighted by atomic mass is 10.2. The van der Waals surface area contributed by atoms with Crippen molar-refractivity contribution in [2.45, 2.75) is 33.6 Å². The summed E-state index contributed by atoms with van der Waals surface area (Å²) in [6.07, 6.45) is 7.30. The van der Waals surface area contributed by atoms with Crippen LogP contribution in [0, 0.1) is 0 Å². The second kappa shape index (κ2) is 10.4. The van der Waals surface area contributed by atoms with Gasteiger partial charge in [0, 0.05) is 19.6 Å². The van der Waals surface area contributed by atoms with Crippen molar-refractivity contribution in [1.29, 1.82) is 0 Å².